The molecule has 23 heavy (non-hydrogen) atoms. The van der Waals surface area contributed by atoms with Gasteiger partial charge in [-0.05, 0) is 20.8 Å². The summed E-state index contributed by atoms with van der Waals surface area (Å²) in [7, 11) is 0. The molecule has 1 fully saturated rings. The summed E-state index contributed by atoms with van der Waals surface area (Å²) in [4.78, 5) is 21.8. The number of imidazole rings is 1. The summed E-state index contributed by atoms with van der Waals surface area (Å²) in [6.07, 6.45) is 4.12. The molecule has 0 spiro atoms. The van der Waals surface area contributed by atoms with E-state index in [9.17, 15) is 4.79 Å². The summed E-state index contributed by atoms with van der Waals surface area (Å²) in [5.41, 5.74) is 4.22. The van der Waals surface area contributed by atoms with Crippen molar-refractivity contribution < 1.29 is 4.79 Å². The van der Waals surface area contributed by atoms with E-state index in [4.69, 9.17) is 0 Å². The average Bonchev–Trinajstić information content (AvgIpc) is 3.19. The highest BCUT2D eigenvalue weighted by Gasteiger charge is 2.31. The minimum absolute atomic E-state index is 0.123. The molecule has 0 radical (unpaired) electrons. The molecule has 6 nitrogen and oxygen atoms in total. The predicted molar refractivity (Wildman–Crippen MR) is 89.1 cm³/mol. The molecule has 3 heterocycles. The van der Waals surface area contributed by atoms with Gasteiger partial charge in [0.25, 0.3) is 0 Å². The van der Waals surface area contributed by atoms with Gasteiger partial charge in [-0.25, -0.2) is 4.98 Å². The minimum atomic E-state index is 0.123. The fourth-order valence-electron chi connectivity index (χ4n) is 3.35. The highest BCUT2D eigenvalue weighted by molar-refractivity contribution is 5.79. The highest BCUT2D eigenvalue weighted by atomic mass is 16.2. The number of amides is 1. The molecular weight excluding hydrogens is 290 g/mol. The van der Waals surface area contributed by atoms with Gasteiger partial charge in [-0.3, -0.25) is 9.48 Å². The maximum atomic E-state index is 12.0. The Balaban J connectivity index is 1.86. The van der Waals surface area contributed by atoms with E-state index in [2.05, 4.69) is 35.5 Å². The fourth-order valence-corrected chi connectivity index (χ4v) is 3.35. The summed E-state index contributed by atoms with van der Waals surface area (Å²) in [6, 6.07) is 0. The van der Waals surface area contributed by atoms with Crippen molar-refractivity contribution in [2.75, 3.05) is 13.1 Å². The highest BCUT2D eigenvalue weighted by Crippen LogP contribution is 2.30. The summed E-state index contributed by atoms with van der Waals surface area (Å²) < 4.78 is 2.00. The van der Waals surface area contributed by atoms with E-state index in [-0.39, 0.29) is 11.8 Å². The van der Waals surface area contributed by atoms with E-state index in [1.165, 1.54) is 0 Å². The standard InChI is InChI=1S/C17H23N5O/c1-5-7-21-10-13(8-15(21)23)17-18-9-14(19-17)16-11(3)20-22(6-2)12(16)4/h5,9,13H,1,6-8,10H2,2-4H3,(H,18,19). The summed E-state index contributed by atoms with van der Waals surface area (Å²) in [5, 5.41) is 4.56. The molecule has 122 valence electrons. The van der Waals surface area contributed by atoms with Crippen LogP contribution in [0.4, 0.5) is 0 Å². The molecule has 1 N–H and O–H groups in total. The van der Waals surface area contributed by atoms with Crippen LogP contribution in [0.25, 0.3) is 11.3 Å². The third kappa shape index (κ3) is 2.69. The van der Waals surface area contributed by atoms with E-state index >= 15 is 0 Å². The average molecular weight is 313 g/mol. The first-order valence-corrected chi connectivity index (χ1v) is 8.03. The first-order valence-electron chi connectivity index (χ1n) is 8.03. The van der Waals surface area contributed by atoms with Crippen molar-refractivity contribution in [1.29, 1.82) is 0 Å². The maximum absolute atomic E-state index is 12.0. The van der Waals surface area contributed by atoms with E-state index in [1.807, 2.05) is 22.7 Å². The number of hydrogen-bond donors (Lipinski definition) is 1. The molecule has 3 rings (SSSR count). The van der Waals surface area contributed by atoms with Gasteiger partial charge >= 0.3 is 0 Å². The lowest BCUT2D eigenvalue weighted by Gasteiger charge is -2.12. The van der Waals surface area contributed by atoms with Crippen molar-refractivity contribution in [2.45, 2.75) is 39.7 Å². The van der Waals surface area contributed by atoms with Crippen molar-refractivity contribution in [3.05, 3.63) is 36.1 Å². The summed E-state index contributed by atoms with van der Waals surface area (Å²) in [6.45, 7) is 12.0. The molecule has 0 aliphatic carbocycles. The number of likely N-dealkylation sites (tertiary alicyclic amines) is 1. The van der Waals surface area contributed by atoms with E-state index in [0.717, 1.165) is 35.0 Å². The zero-order chi connectivity index (χ0) is 16.6. The SMILES string of the molecule is C=CCN1CC(c2ncc(-c3c(C)nn(CC)c3C)[nH]2)CC1=O. The van der Waals surface area contributed by atoms with Gasteiger partial charge in [-0.1, -0.05) is 6.08 Å². The van der Waals surface area contributed by atoms with Crippen molar-refractivity contribution in [2.24, 2.45) is 0 Å². The lowest BCUT2D eigenvalue weighted by molar-refractivity contribution is -0.127. The number of carbonyl (C=O) groups is 1. The van der Waals surface area contributed by atoms with Gasteiger partial charge in [0, 0.05) is 43.2 Å². The molecule has 1 unspecified atom stereocenters. The molecule has 0 aromatic carbocycles. The number of rotatable bonds is 5. The molecule has 0 saturated carbocycles. The molecule has 6 heteroatoms. The zero-order valence-electron chi connectivity index (χ0n) is 14.0. The van der Waals surface area contributed by atoms with E-state index in [0.29, 0.717) is 19.5 Å². The molecule has 2 aromatic heterocycles. The topological polar surface area (TPSA) is 66.8 Å². The Morgan fingerprint density at radius 2 is 2.26 bits per heavy atom. The molecule has 1 atom stereocenters. The second-order valence-corrected chi connectivity index (χ2v) is 6.03. The van der Waals surface area contributed by atoms with Gasteiger partial charge in [0.05, 0.1) is 17.6 Å². The number of H-pyrrole nitrogens is 1. The van der Waals surface area contributed by atoms with Crippen molar-refractivity contribution in [3.63, 3.8) is 0 Å². The number of nitrogens with one attached hydrogen (secondary N) is 1. The number of hydrogen-bond acceptors (Lipinski definition) is 3. The van der Waals surface area contributed by atoms with Gasteiger partial charge in [0.1, 0.15) is 5.82 Å². The summed E-state index contributed by atoms with van der Waals surface area (Å²) in [5.74, 6) is 1.17. The van der Waals surface area contributed by atoms with Crippen LogP contribution in [-0.4, -0.2) is 43.6 Å². The number of aromatic amines is 1. The van der Waals surface area contributed by atoms with Crippen molar-refractivity contribution in [1.82, 2.24) is 24.6 Å². The van der Waals surface area contributed by atoms with Crippen molar-refractivity contribution in [3.8, 4) is 11.3 Å². The Bertz CT molecular complexity index is 742. The fraction of sp³-hybridized carbons (Fsp3) is 0.471. The molecular formula is C17H23N5O. The van der Waals surface area contributed by atoms with E-state index in [1.54, 1.807) is 6.08 Å². The number of carbonyl (C=O) groups excluding carboxylic acids is 1. The van der Waals surface area contributed by atoms with Gasteiger partial charge in [-0.15, -0.1) is 6.58 Å². The Morgan fingerprint density at radius 1 is 1.48 bits per heavy atom. The Hall–Kier alpha value is -2.37. The monoisotopic (exact) mass is 313 g/mol. The van der Waals surface area contributed by atoms with Crippen LogP contribution in [0.3, 0.4) is 0 Å². The normalized spacial score (nSPS) is 18.0. The van der Waals surface area contributed by atoms with Gasteiger partial charge in [-0.2, -0.15) is 5.10 Å². The molecule has 0 bridgehead atoms. The molecule has 1 saturated heterocycles. The van der Waals surface area contributed by atoms with Crippen LogP contribution in [0.2, 0.25) is 0 Å². The first-order chi connectivity index (χ1) is 11.0. The lowest BCUT2D eigenvalue weighted by Crippen LogP contribution is -2.24. The Morgan fingerprint density at radius 3 is 2.91 bits per heavy atom. The lowest BCUT2D eigenvalue weighted by atomic mass is 10.1. The quantitative estimate of drug-likeness (QED) is 0.862. The van der Waals surface area contributed by atoms with Crippen molar-refractivity contribution >= 4 is 5.91 Å². The number of aryl methyl sites for hydroxylation is 2. The predicted octanol–water partition coefficient (Wildman–Crippen LogP) is 2.41. The van der Waals surface area contributed by atoms with Crippen LogP contribution < -0.4 is 0 Å². The third-order valence-corrected chi connectivity index (χ3v) is 4.50. The number of nitrogens with zero attached hydrogens (tertiary/aromatic N) is 4. The molecule has 1 amide bonds. The largest absolute Gasteiger partial charge is 0.342 e. The van der Waals surface area contributed by atoms with Gasteiger partial charge in [0.2, 0.25) is 5.91 Å². The van der Waals surface area contributed by atoms with Crippen LogP contribution >= 0.6 is 0 Å². The van der Waals surface area contributed by atoms with Crippen LogP contribution in [0.1, 0.15) is 36.5 Å². The molecule has 2 aromatic rings. The van der Waals surface area contributed by atoms with Crippen LogP contribution in [0.5, 0.6) is 0 Å². The molecule has 1 aliphatic rings. The number of aromatic nitrogens is 4. The minimum Gasteiger partial charge on any atom is -0.342 e. The zero-order valence-corrected chi connectivity index (χ0v) is 14.0. The second kappa shape index (κ2) is 6.02. The van der Waals surface area contributed by atoms with E-state index < -0.39 is 0 Å². The van der Waals surface area contributed by atoms with Crippen LogP contribution in [-0.2, 0) is 11.3 Å². The van der Waals surface area contributed by atoms with Crippen LogP contribution in [0.15, 0.2) is 18.9 Å². The first kappa shape index (κ1) is 15.5. The van der Waals surface area contributed by atoms with Gasteiger partial charge < -0.3 is 9.88 Å². The third-order valence-electron chi connectivity index (χ3n) is 4.50. The maximum Gasteiger partial charge on any atom is 0.223 e. The molecule has 1 aliphatic heterocycles. The summed E-state index contributed by atoms with van der Waals surface area (Å²) >= 11 is 0. The second-order valence-electron chi connectivity index (χ2n) is 6.03. The Kier molecular flexibility index (Phi) is 4.07. The van der Waals surface area contributed by atoms with Gasteiger partial charge in [0.15, 0.2) is 0 Å². The Labute approximate surface area is 136 Å². The van der Waals surface area contributed by atoms with Crippen LogP contribution in [0, 0.1) is 13.8 Å². The smallest absolute Gasteiger partial charge is 0.223 e.